The van der Waals surface area contributed by atoms with Crippen molar-refractivity contribution in [3.63, 3.8) is 0 Å². The fourth-order valence-corrected chi connectivity index (χ4v) is 3.40. The van der Waals surface area contributed by atoms with Crippen molar-refractivity contribution in [3.8, 4) is 0 Å². The highest BCUT2D eigenvalue weighted by molar-refractivity contribution is 5.21. The Kier molecular flexibility index (Phi) is 5.50. The van der Waals surface area contributed by atoms with Crippen LogP contribution in [0.15, 0.2) is 10.5 Å². The maximum Gasteiger partial charge on any atom is 0.118 e. The van der Waals surface area contributed by atoms with Crippen molar-refractivity contribution in [1.29, 1.82) is 0 Å². The Morgan fingerprint density at radius 3 is 2.71 bits per heavy atom. The molecule has 0 aromatic carbocycles. The second kappa shape index (κ2) is 6.97. The van der Waals surface area contributed by atoms with Crippen molar-refractivity contribution in [2.75, 3.05) is 6.54 Å². The molecule has 0 aliphatic carbocycles. The standard InChI is InChI=1S/C18H32N2O/c1-12(2)19-9-17-8-18(21-16(17)6)11-20-10-13(3)7-14(4)15(20)5/h8,12-15,19H,7,9-11H2,1-6H3. The number of rotatable bonds is 5. The lowest BCUT2D eigenvalue weighted by Crippen LogP contribution is -2.45. The average molecular weight is 292 g/mol. The summed E-state index contributed by atoms with van der Waals surface area (Å²) in [5, 5.41) is 3.47. The van der Waals surface area contributed by atoms with Crippen LogP contribution in [0.1, 0.15) is 58.1 Å². The van der Waals surface area contributed by atoms with Crippen LogP contribution in [-0.4, -0.2) is 23.5 Å². The van der Waals surface area contributed by atoms with Crippen LogP contribution in [0, 0.1) is 18.8 Å². The van der Waals surface area contributed by atoms with E-state index in [4.69, 9.17) is 4.42 Å². The largest absolute Gasteiger partial charge is 0.465 e. The Bertz CT molecular complexity index is 452. The number of likely N-dealkylation sites (tertiary alicyclic amines) is 1. The average Bonchev–Trinajstić information content (AvgIpc) is 2.73. The van der Waals surface area contributed by atoms with Crippen molar-refractivity contribution in [1.82, 2.24) is 10.2 Å². The minimum atomic E-state index is 0.506. The summed E-state index contributed by atoms with van der Waals surface area (Å²) in [5.74, 6) is 3.73. The van der Waals surface area contributed by atoms with Crippen molar-refractivity contribution < 1.29 is 4.42 Å². The number of nitrogens with one attached hydrogen (secondary N) is 1. The Labute approximate surface area is 130 Å². The molecule has 21 heavy (non-hydrogen) atoms. The molecule has 0 bridgehead atoms. The molecule has 1 N–H and O–H groups in total. The lowest BCUT2D eigenvalue weighted by Gasteiger charge is -2.40. The summed E-state index contributed by atoms with van der Waals surface area (Å²) < 4.78 is 5.99. The number of hydrogen-bond acceptors (Lipinski definition) is 3. The molecular formula is C18H32N2O. The third kappa shape index (κ3) is 4.33. The third-order valence-corrected chi connectivity index (χ3v) is 4.85. The van der Waals surface area contributed by atoms with Crippen LogP contribution in [0.5, 0.6) is 0 Å². The van der Waals surface area contributed by atoms with E-state index in [1.807, 2.05) is 0 Å². The number of furan rings is 1. The number of nitrogens with zero attached hydrogens (tertiary/aromatic N) is 1. The maximum atomic E-state index is 5.99. The number of piperidine rings is 1. The van der Waals surface area contributed by atoms with Crippen molar-refractivity contribution in [2.24, 2.45) is 11.8 Å². The van der Waals surface area contributed by atoms with Gasteiger partial charge in [-0.2, -0.15) is 0 Å². The van der Waals surface area contributed by atoms with Gasteiger partial charge in [-0.05, 0) is 38.2 Å². The van der Waals surface area contributed by atoms with E-state index in [9.17, 15) is 0 Å². The molecule has 1 aliphatic rings. The molecule has 3 heteroatoms. The Hall–Kier alpha value is -0.800. The second-order valence-corrected chi connectivity index (χ2v) is 7.32. The minimum Gasteiger partial charge on any atom is -0.465 e. The molecule has 0 saturated carbocycles. The summed E-state index contributed by atoms with van der Waals surface area (Å²) in [6, 6.07) is 3.39. The first-order valence-electron chi connectivity index (χ1n) is 8.42. The molecule has 3 atom stereocenters. The zero-order chi connectivity index (χ0) is 15.6. The molecule has 0 amide bonds. The lowest BCUT2D eigenvalue weighted by molar-refractivity contribution is 0.0666. The molecule has 0 radical (unpaired) electrons. The number of aryl methyl sites for hydroxylation is 1. The van der Waals surface area contributed by atoms with Crippen LogP contribution in [0.3, 0.4) is 0 Å². The summed E-state index contributed by atoms with van der Waals surface area (Å²) in [6.45, 7) is 16.5. The highest BCUT2D eigenvalue weighted by Gasteiger charge is 2.29. The first-order chi connectivity index (χ1) is 9.86. The van der Waals surface area contributed by atoms with Gasteiger partial charge in [0.05, 0.1) is 6.54 Å². The van der Waals surface area contributed by atoms with E-state index in [1.54, 1.807) is 0 Å². The molecule has 1 aliphatic heterocycles. The molecule has 3 unspecified atom stereocenters. The van der Waals surface area contributed by atoms with Crippen LogP contribution >= 0.6 is 0 Å². The van der Waals surface area contributed by atoms with Gasteiger partial charge in [0.1, 0.15) is 11.5 Å². The minimum absolute atomic E-state index is 0.506. The predicted molar refractivity (Wildman–Crippen MR) is 88.2 cm³/mol. The normalized spacial score (nSPS) is 27.5. The Morgan fingerprint density at radius 1 is 1.33 bits per heavy atom. The zero-order valence-corrected chi connectivity index (χ0v) is 14.6. The molecule has 2 rings (SSSR count). The molecule has 0 spiro atoms. The molecule has 3 nitrogen and oxygen atoms in total. The van der Waals surface area contributed by atoms with Gasteiger partial charge in [-0.1, -0.05) is 27.7 Å². The van der Waals surface area contributed by atoms with Gasteiger partial charge in [-0.3, -0.25) is 4.90 Å². The van der Waals surface area contributed by atoms with Gasteiger partial charge in [-0.15, -0.1) is 0 Å². The molecule has 1 aromatic heterocycles. The van der Waals surface area contributed by atoms with Crippen LogP contribution in [0.4, 0.5) is 0 Å². The van der Waals surface area contributed by atoms with Gasteiger partial charge in [-0.25, -0.2) is 0 Å². The molecule has 1 fully saturated rings. The fourth-order valence-electron chi connectivity index (χ4n) is 3.40. The summed E-state index contributed by atoms with van der Waals surface area (Å²) >= 11 is 0. The smallest absolute Gasteiger partial charge is 0.118 e. The van der Waals surface area contributed by atoms with Gasteiger partial charge < -0.3 is 9.73 Å². The molecule has 120 valence electrons. The predicted octanol–water partition coefficient (Wildman–Crippen LogP) is 3.95. The van der Waals surface area contributed by atoms with E-state index in [-0.39, 0.29) is 0 Å². The highest BCUT2D eigenvalue weighted by atomic mass is 16.3. The van der Waals surface area contributed by atoms with Crippen molar-refractivity contribution >= 4 is 0 Å². The number of hydrogen-bond donors (Lipinski definition) is 1. The van der Waals surface area contributed by atoms with Gasteiger partial charge in [0, 0.05) is 30.7 Å². The van der Waals surface area contributed by atoms with E-state index in [1.165, 1.54) is 18.5 Å². The summed E-state index contributed by atoms with van der Waals surface area (Å²) in [7, 11) is 0. The Morgan fingerprint density at radius 2 is 2.05 bits per heavy atom. The Balaban J connectivity index is 2.00. The lowest BCUT2D eigenvalue weighted by atomic mass is 9.86. The van der Waals surface area contributed by atoms with E-state index < -0.39 is 0 Å². The van der Waals surface area contributed by atoms with Crippen LogP contribution < -0.4 is 5.32 Å². The molecule has 1 aromatic rings. The van der Waals surface area contributed by atoms with E-state index in [2.05, 4.69) is 57.8 Å². The third-order valence-electron chi connectivity index (χ3n) is 4.85. The van der Waals surface area contributed by atoms with Crippen molar-refractivity contribution in [3.05, 3.63) is 23.2 Å². The summed E-state index contributed by atoms with van der Waals surface area (Å²) in [4.78, 5) is 2.58. The zero-order valence-electron chi connectivity index (χ0n) is 14.6. The van der Waals surface area contributed by atoms with Crippen LogP contribution in [-0.2, 0) is 13.1 Å². The SMILES string of the molecule is Cc1oc(CN2CC(C)CC(C)C2C)cc1CNC(C)C. The molecule has 2 heterocycles. The summed E-state index contributed by atoms with van der Waals surface area (Å²) in [5.41, 5.74) is 1.30. The van der Waals surface area contributed by atoms with Gasteiger partial charge in [0.2, 0.25) is 0 Å². The van der Waals surface area contributed by atoms with E-state index in [0.29, 0.717) is 12.1 Å². The van der Waals surface area contributed by atoms with Gasteiger partial charge in [0.25, 0.3) is 0 Å². The van der Waals surface area contributed by atoms with E-state index in [0.717, 1.165) is 36.4 Å². The van der Waals surface area contributed by atoms with Crippen molar-refractivity contribution in [2.45, 2.75) is 73.1 Å². The topological polar surface area (TPSA) is 28.4 Å². The van der Waals surface area contributed by atoms with Crippen LogP contribution in [0.2, 0.25) is 0 Å². The second-order valence-electron chi connectivity index (χ2n) is 7.32. The monoisotopic (exact) mass is 292 g/mol. The quantitative estimate of drug-likeness (QED) is 0.890. The molecule has 1 saturated heterocycles. The van der Waals surface area contributed by atoms with Gasteiger partial charge in [0.15, 0.2) is 0 Å². The molecular weight excluding hydrogens is 260 g/mol. The highest BCUT2D eigenvalue weighted by Crippen LogP contribution is 2.29. The summed E-state index contributed by atoms with van der Waals surface area (Å²) in [6.07, 6.45) is 1.35. The van der Waals surface area contributed by atoms with Crippen LogP contribution in [0.25, 0.3) is 0 Å². The first kappa shape index (κ1) is 16.6. The van der Waals surface area contributed by atoms with Gasteiger partial charge >= 0.3 is 0 Å². The maximum absolute atomic E-state index is 5.99. The van der Waals surface area contributed by atoms with E-state index >= 15 is 0 Å². The fraction of sp³-hybridized carbons (Fsp3) is 0.778. The first-order valence-corrected chi connectivity index (χ1v) is 8.42.